The molecule has 0 bridgehead atoms. The fraction of sp³-hybridized carbons (Fsp3) is 0.381. The van der Waals surface area contributed by atoms with Crippen LogP contribution in [0.1, 0.15) is 24.5 Å². The van der Waals surface area contributed by atoms with Gasteiger partial charge in [-0.1, -0.05) is 30.3 Å². The van der Waals surface area contributed by atoms with Gasteiger partial charge in [0, 0.05) is 25.7 Å². The number of nitrogens with zero attached hydrogens (tertiary/aromatic N) is 2. The lowest BCUT2D eigenvalue weighted by atomic mass is 10.1. The Balaban J connectivity index is 0.00000300. The van der Waals surface area contributed by atoms with Crippen molar-refractivity contribution in [2.24, 2.45) is 4.99 Å². The lowest BCUT2D eigenvalue weighted by molar-refractivity contribution is 0.280. The van der Waals surface area contributed by atoms with Gasteiger partial charge < -0.3 is 20.6 Å². The zero-order chi connectivity index (χ0) is 19.9. The Morgan fingerprint density at radius 2 is 1.83 bits per heavy atom. The molecule has 29 heavy (non-hydrogen) atoms. The summed E-state index contributed by atoms with van der Waals surface area (Å²) in [5, 5.41) is 16.0. The van der Waals surface area contributed by atoms with Crippen molar-refractivity contribution in [3.63, 3.8) is 0 Å². The second kappa shape index (κ2) is 11.3. The van der Waals surface area contributed by atoms with E-state index in [1.165, 1.54) is 18.2 Å². The van der Waals surface area contributed by atoms with Crippen LogP contribution in [0.4, 0.5) is 14.5 Å². The molecule has 0 aliphatic carbocycles. The van der Waals surface area contributed by atoms with Crippen molar-refractivity contribution in [3.05, 3.63) is 65.2 Å². The monoisotopic (exact) mass is 516 g/mol. The standard InChI is InChI=1S/C21H26F2N4O.HI/c1-2-24-21(25-12-15-6-3-4-7-16(15)14-28)26-17-10-11-27(13-17)20-18(22)8-5-9-19(20)23;/h3-9,17,28H,2,10-14H2,1H3,(H2,24,25,26);1H. The number of anilines is 1. The molecule has 1 aliphatic heterocycles. The SMILES string of the molecule is CCNC(=NCc1ccccc1CO)NC1CCN(c2c(F)cccc2F)C1.I. The normalized spacial score (nSPS) is 16.5. The fourth-order valence-corrected chi connectivity index (χ4v) is 3.42. The van der Waals surface area contributed by atoms with Gasteiger partial charge in [0.15, 0.2) is 5.96 Å². The van der Waals surface area contributed by atoms with Crippen LogP contribution in [-0.2, 0) is 13.2 Å². The molecule has 1 saturated heterocycles. The van der Waals surface area contributed by atoms with Crippen LogP contribution in [-0.4, -0.2) is 36.7 Å². The minimum Gasteiger partial charge on any atom is -0.392 e. The summed E-state index contributed by atoms with van der Waals surface area (Å²) < 4.78 is 28.1. The Labute approximate surface area is 187 Å². The fourth-order valence-electron chi connectivity index (χ4n) is 3.42. The van der Waals surface area contributed by atoms with Crippen molar-refractivity contribution in [2.75, 3.05) is 24.5 Å². The van der Waals surface area contributed by atoms with Crippen LogP contribution in [0.2, 0.25) is 0 Å². The number of hydrogen-bond acceptors (Lipinski definition) is 3. The van der Waals surface area contributed by atoms with Crippen LogP contribution in [0.3, 0.4) is 0 Å². The predicted octanol–water partition coefficient (Wildman–Crippen LogP) is 3.41. The van der Waals surface area contributed by atoms with Crippen LogP contribution in [0.25, 0.3) is 0 Å². The summed E-state index contributed by atoms with van der Waals surface area (Å²) in [6.07, 6.45) is 0.755. The number of rotatable bonds is 6. The second-order valence-corrected chi connectivity index (χ2v) is 6.77. The van der Waals surface area contributed by atoms with Gasteiger partial charge in [-0.2, -0.15) is 0 Å². The molecule has 8 heteroatoms. The maximum absolute atomic E-state index is 14.0. The number of para-hydroxylation sites is 1. The molecular weight excluding hydrogens is 489 g/mol. The van der Waals surface area contributed by atoms with E-state index in [0.29, 0.717) is 32.1 Å². The number of aliphatic imine (C=N–C) groups is 1. The second-order valence-electron chi connectivity index (χ2n) is 6.77. The van der Waals surface area contributed by atoms with Crippen LogP contribution >= 0.6 is 24.0 Å². The number of halogens is 3. The molecule has 2 aromatic rings. The summed E-state index contributed by atoms with van der Waals surface area (Å²) in [4.78, 5) is 6.33. The largest absolute Gasteiger partial charge is 0.392 e. The van der Waals surface area contributed by atoms with E-state index in [9.17, 15) is 13.9 Å². The van der Waals surface area contributed by atoms with E-state index in [0.717, 1.165) is 17.5 Å². The highest BCUT2D eigenvalue weighted by molar-refractivity contribution is 14.0. The minimum atomic E-state index is -0.540. The highest BCUT2D eigenvalue weighted by Crippen LogP contribution is 2.26. The first-order valence-electron chi connectivity index (χ1n) is 9.53. The Hall–Kier alpha value is -1.94. The molecule has 1 atom stereocenters. The molecule has 5 nitrogen and oxygen atoms in total. The van der Waals surface area contributed by atoms with Crippen molar-refractivity contribution >= 4 is 35.6 Å². The maximum Gasteiger partial charge on any atom is 0.191 e. The molecule has 3 N–H and O–H groups in total. The molecule has 1 heterocycles. The average molecular weight is 516 g/mol. The van der Waals surface area contributed by atoms with Gasteiger partial charge in [-0.05, 0) is 36.6 Å². The molecule has 0 spiro atoms. The summed E-state index contributed by atoms with van der Waals surface area (Å²) in [6, 6.07) is 11.6. The Bertz CT molecular complexity index is 814. The molecule has 1 aliphatic rings. The van der Waals surface area contributed by atoms with Crippen LogP contribution < -0.4 is 15.5 Å². The first-order chi connectivity index (χ1) is 13.6. The van der Waals surface area contributed by atoms with E-state index in [4.69, 9.17) is 0 Å². The van der Waals surface area contributed by atoms with Gasteiger partial charge in [0.1, 0.15) is 17.3 Å². The highest BCUT2D eigenvalue weighted by Gasteiger charge is 2.27. The van der Waals surface area contributed by atoms with Crippen molar-refractivity contribution in [2.45, 2.75) is 32.5 Å². The molecule has 2 aromatic carbocycles. The van der Waals surface area contributed by atoms with Crippen LogP contribution in [0, 0.1) is 11.6 Å². The molecule has 0 saturated carbocycles. The number of aliphatic hydroxyl groups is 1. The van der Waals surface area contributed by atoms with E-state index in [2.05, 4.69) is 15.6 Å². The van der Waals surface area contributed by atoms with Gasteiger partial charge in [-0.25, -0.2) is 13.8 Å². The zero-order valence-corrected chi connectivity index (χ0v) is 18.7. The van der Waals surface area contributed by atoms with Gasteiger partial charge in [-0.15, -0.1) is 24.0 Å². The third-order valence-electron chi connectivity index (χ3n) is 4.82. The van der Waals surface area contributed by atoms with Gasteiger partial charge in [0.2, 0.25) is 0 Å². The van der Waals surface area contributed by atoms with Crippen LogP contribution in [0.15, 0.2) is 47.5 Å². The smallest absolute Gasteiger partial charge is 0.191 e. The number of hydrogen-bond donors (Lipinski definition) is 3. The predicted molar refractivity (Wildman–Crippen MR) is 123 cm³/mol. The Morgan fingerprint density at radius 1 is 1.14 bits per heavy atom. The molecule has 1 unspecified atom stereocenters. The summed E-state index contributed by atoms with van der Waals surface area (Å²) in [7, 11) is 0. The summed E-state index contributed by atoms with van der Waals surface area (Å²) in [5.41, 5.74) is 1.85. The maximum atomic E-state index is 14.0. The minimum absolute atomic E-state index is 0. The number of benzene rings is 2. The molecule has 0 aromatic heterocycles. The van der Waals surface area contributed by atoms with Crippen molar-refractivity contribution < 1.29 is 13.9 Å². The third kappa shape index (κ3) is 6.02. The topological polar surface area (TPSA) is 59.9 Å². The molecule has 0 radical (unpaired) electrons. The molecular formula is C21H27F2IN4O. The van der Waals surface area contributed by atoms with E-state index in [1.54, 1.807) is 4.90 Å². The molecule has 158 valence electrons. The number of guanidine groups is 1. The first kappa shape index (κ1) is 23.3. The molecule has 3 rings (SSSR count). The summed E-state index contributed by atoms with van der Waals surface area (Å²) in [5.74, 6) is -0.431. The third-order valence-corrected chi connectivity index (χ3v) is 4.82. The van der Waals surface area contributed by atoms with E-state index >= 15 is 0 Å². The summed E-state index contributed by atoms with van der Waals surface area (Å²) in [6.45, 7) is 4.16. The quantitative estimate of drug-likeness (QED) is 0.313. The highest BCUT2D eigenvalue weighted by atomic mass is 127. The van der Waals surface area contributed by atoms with Gasteiger partial charge in [0.25, 0.3) is 0 Å². The van der Waals surface area contributed by atoms with Gasteiger partial charge in [0.05, 0.1) is 13.2 Å². The van der Waals surface area contributed by atoms with Gasteiger partial charge >= 0.3 is 0 Å². The van der Waals surface area contributed by atoms with Crippen molar-refractivity contribution in [3.8, 4) is 0 Å². The molecule has 1 fully saturated rings. The Kier molecular flexibility index (Phi) is 9.09. The first-order valence-corrected chi connectivity index (χ1v) is 9.53. The number of nitrogens with one attached hydrogen (secondary N) is 2. The van der Waals surface area contributed by atoms with Gasteiger partial charge in [-0.3, -0.25) is 0 Å². The van der Waals surface area contributed by atoms with E-state index < -0.39 is 11.6 Å². The van der Waals surface area contributed by atoms with Crippen LogP contribution in [0.5, 0.6) is 0 Å². The van der Waals surface area contributed by atoms with Crippen molar-refractivity contribution in [1.82, 2.24) is 10.6 Å². The molecule has 0 amide bonds. The lowest BCUT2D eigenvalue weighted by Crippen LogP contribution is -2.44. The van der Waals surface area contributed by atoms with Crippen molar-refractivity contribution in [1.29, 1.82) is 0 Å². The lowest BCUT2D eigenvalue weighted by Gasteiger charge is -2.21. The Morgan fingerprint density at radius 3 is 2.48 bits per heavy atom. The zero-order valence-electron chi connectivity index (χ0n) is 16.4. The van der Waals surface area contributed by atoms with E-state index in [-0.39, 0.29) is 42.3 Å². The summed E-state index contributed by atoms with van der Waals surface area (Å²) >= 11 is 0. The van der Waals surface area contributed by atoms with E-state index in [1.807, 2.05) is 31.2 Å². The number of aliphatic hydroxyl groups excluding tert-OH is 1. The average Bonchev–Trinajstić information content (AvgIpc) is 3.14.